The van der Waals surface area contributed by atoms with Crippen molar-refractivity contribution in [3.05, 3.63) is 46.6 Å². The van der Waals surface area contributed by atoms with Crippen molar-refractivity contribution >= 4 is 33.1 Å². The van der Waals surface area contributed by atoms with Gasteiger partial charge in [0, 0.05) is 16.4 Å². The molecule has 1 aromatic heterocycles. The molecule has 0 spiro atoms. The molecule has 4 heteroatoms. The summed E-state index contributed by atoms with van der Waals surface area (Å²) in [5, 5.41) is 3.24. The predicted molar refractivity (Wildman–Crippen MR) is 80.2 cm³/mol. The van der Waals surface area contributed by atoms with Crippen molar-refractivity contribution in [3.63, 3.8) is 0 Å². The van der Waals surface area contributed by atoms with Crippen molar-refractivity contribution in [2.45, 2.75) is 19.8 Å². The first-order chi connectivity index (χ1) is 8.56. The van der Waals surface area contributed by atoms with E-state index in [0.29, 0.717) is 17.4 Å². The lowest BCUT2D eigenvalue weighted by atomic mass is 10.0. The van der Waals surface area contributed by atoms with Gasteiger partial charge in [-0.25, -0.2) is 4.98 Å². The zero-order chi connectivity index (χ0) is 13.1. The van der Waals surface area contributed by atoms with Gasteiger partial charge in [0.1, 0.15) is 0 Å². The van der Waals surface area contributed by atoms with Gasteiger partial charge in [0.15, 0.2) is 5.82 Å². The molecule has 1 heterocycles. The fourth-order valence-electron chi connectivity index (χ4n) is 1.67. The van der Waals surface area contributed by atoms with Gasteiger partial charge in [0.25, 0.3) is 0 Å². The summed E-state index contributed by atoms with van der Waals surface area (Å²) >= 11 is 3.34. The minimum absolute atomic E-state index is 0.502. The lowest BCUT2D eigenvalue weighted by Crippen LogP contribution is -1.99. The predicted octanol–water partition coefficient (Wildman–Crippen LogP) is 4.29. The van der Waals surface area contributed by atoms with Gasteiger partial charge in [-0.05, 0) is 45.6 Å². The molecule has 0 amide bonds. The molecule has 0 fully saturated rings. The van der Waals surface area contributed by atoms with Crippen LogP contribution in [-0.2, 0) is 0 Å². The summed E-state index contributed by atoms with van der Waals surface area (Å²) in [7, 11) is 0. The highest BCUT2D eigenvalue weighted by atomic mass is 79.9. The molecule has 0 atom stereocenters. The number of nitrogens with one attached hydrogen (secondary N) is 1. The van der Waals surface area contributed by atoms with Crippen LogP contribution in [0.3, 0.4) is 0 Å². The quantitative estimate of drug-likeness (QED) is 0.889. The third-order valence-corrected chi connectivity index (χ3v) is 3.13. The summed E-state index contributed by atoms with van der Waals surface area (Å²) in [6.07, 6.45) is 1.73. The molecule has 0 aliphatic rings. The van der Waals surface area contributed by atoms with Crippen LogP contribution in [0.2, 0.25) is 0 Å². The summed E-state index contributed by atoms with van der Waals surface area (Å²) < 4.78 is 0.876. The summed E-state index contributed by atoms with van der Waals surface area (Å²) in [5.74, 6) is 1.18. The number of halogens is 1. The molecular formula is C14H16BrN3. The average Bonchev–Trinajstić information content (AvgIpc) is 2.33. The zero-order valence-corrected chi connectivity index (χ0v) is 12.0. The van der Waals surface area contributed by atoms with Crippen molar-refractivity contribution in [1.82, 2.24) is 4.98 Å². The second-order valence-electron chi connectivity index (χ2n) is 4.50. The van der Waals surface area contributed by atoms with Crippen LogP contribution in [0.5, 0.6) is 0 Å². The Hall–Kier alpha value is -1.55. The molecule has 0 aliphatic carbocycles. The van der Waals surface area contributed by atoms with Crippen molar-refractivity contribution in [2.24, 2.45) is 0 Å². The Balaban J connectivity index is 2.25. The van der Waals surface area contributed by atoms with E-state index < -0.39 is 0 Å². The Labute approximate surface area is 116 Å². The van der Waals surface area contributed by atoms with Crippen molar-refractivity contribution in [1.29, 1.82) is 0 Å². The van der Waals surface area contributed by atoms with E-state index in [1.807, 2.05) is 18.2 Å². The van der Waals surface area contributed by atoms with E-state index in [1.165, 1.54) is 5.56 Å². The number of nitrogens with two attached hydrogens (primary N) is 1. The molecule has 0 aliphatic heterocycles. The molecule has 0 saturated carbocycles. The molecule has 3 nitrogen and oxygen atoms in total. The maximum Gasteiger partial charge on any atom is 0.153 e. The number of nitrogen functional groups attached to an aromatic ring is 1. The molecule has 18 heavy (non-hydrogen) atoms. The molecule has 2 rings (SSSR count). The summed E-state index contributed by atoms with van der Waals surface area (Å²) in [5.41, 5.74) is 8.83. The van der Waals surface area contributed by atoms with Crippen LogP contribution in [0, 0.1) is 0 Å². The highest BCUT2D eigenvalue weighted by molar-refractivity contribution is 9.10. The van der Waals surface area contributed by atoms with Gasteiger partial charge in [0.05, 0.1) is 5.69 Å². The minimum atomic E-state index is 0.502. The molecule has 3 N–H and O–H groups in total. The Morgan fingerprint density at radius 2 is 2.06 bits per heavy atom. The van der Waals surface area contributed by atoms with Crippen LogP contribution in [-0.4, -0.2) is 4.98 Å². The van der Waals surface area contributed by atoms with Crippen molar-refractivity contribution in [3.8, 4) is 0 Å². The first kappa shape index (κ1) is 12.9. The molecule has 1 aromatic carbocycles. The standard InChI is InChI=1S/C14H16BrN3/c1-9(2)10-4-3-5-12(6-10)18-14-13(16)7-11(15)8-17-14/h3-9H,16H2,1-2H3,(H,17,18). The van der Waals surface area contributed by atoms with E-state index in [0.717, 1.165) is 10.2 Å². The lowest BCUT2D eigenvalue weighted by Gasteiger charge is -2.11. The van der Waals surface area contributed by atoms with Gasteiger partial charge in [-0.15, -0.1) is 0 Å². The fourth-order valence-corrected chi connectivity index (χ4v) is 2.02. The Kier molecular flexibility index (Phi) is 3.87. The van der Waals surface area contributed by atoms with Gasteiger partial charge in [-0.1, -0.05) is 26.0 Å². The van der Waals surface area contributed by atoms with E-state index in [2.05, 4.69) is 52.2 Å². The first-order valence-electron chi connectivity index (χ1n) is 5.84. The average molecular weight is 306 g/mol. The van der Waals surface area contributed by atoms with E-state index in [-0.39, 0.29) is 0 Å². The molecular weight excluding hydrogens is 290 g/mol. The van der Waals surface area contributed by atoms with E-state index >= 15 is 0 Å². The van der Waals surface area contributed by atoms with Gasteiger partial charge >= 0.3 is 0 Å². The number of benzene rings is 1. The maximum absolute atomic E-state index is 5.91. The number of aromatic nitrogens is 1. The number of rotatable bonds is 3. The van der Waals surface area contributed by atoms with Crippen LogP contribution in [0.4, 0.5) is 17.2 Å². The number of hydrogen-bond donors (Lipinski definition) is 2. The smallest absolute Gasteiger partial charge is 0.153 e. The second-order valence-corrected chi connectivity index (χ2v) is 5.41. The van der Waals surface area contributed by atoms with Crippen molar-refractivity contribution < 1.29 is 0 Å². The van der Waals surface area contributed by atoms with Crippen LogP contribution in [0.15, 0.2) is 41.0 Å². The molecule has 0 unspecified atom stereocenters. The van der Waals surface area contributed by atoms with Crippen LogP contribution < -0.4 is 11.1 Å². The third-order valence-electron chi connectivity index (χ3n) is 2.70. The molecule has 0 radical (unpaired) electrons. The zero-order valence-electron chi connectivity index (χ0n) is 10.4. The van der Waals surface area contributed by atoms with E-state index in [9.17, 15) is 0 Å². The highest BCUT2D eigenvalue weighted by Gasteiger charge is 2.04. The Morgan fingerprint density at radius 3 is 2.72 bits per heavy atom. The summed E-state index contributed by atoms with van der Waals surface area (Å²) in [6, 6.07) is 10.1. The molecule has 2 aromatic rings. The summed E-state index contributed by atoms with van der Waals surface area (Å²) in [6.45, 7) is 4.34. The van der Waals surface area contributed by atoms with E-state index in [1.54, 1.807) is 6.20 Å². The largest absolute Gasteiger partial charge is 0.396 e. The van der Waals surface area contributed by atoms with Crippen LogP contribution in [0.1, 0.15) is 25.3 Å². The molecule has 0 saturated heterocycles. The Morgan fingerprint density at radius 1 is 1.28 bits per heavy atom. The monoisotopic (exact) mass is 305 g/mol. The topological polar surface area (TPSA) is 50.9 Å². The lowest BCUT2D eigenvalue weighted by molar-refractivity contribution is 0.867. The van der Waals surface area contributed by atoms with E-state index in [4.69, 9.17) is 5.73 Å². The molecule has 0 bridgehead atoms. The van der Waals surface area contributed by atoms with Gasteiger partial charge < -0.3 is 11.1 Å². The first-order valence-corrected chi connectivity index (χ1v) is 6.63. The van der Waals surface area contributed by atoms with Crippen molar-refractivity contribution in [2.75, 3.05) is 11.1 Å². The fraction of sp³-hybridized carbons (Fsp3) is 0.214. The number of hydrogen-bond acceptors (Lipinski definition) is 3. The van der Waals surface area contributed by atoms with Gasteiger partial charge in [-0.3, -0.25) is 0 Å². The van der Waals surface area contributed by atoms with Gasteiger partial charge in [0.2, 0.25) is 0 Å². The van der Waals surface area contributed by atoms with Crippen LogP contribution in [0.25, 0.3) is 0 Å². The normalized spacial score (nSPS) is 10.7. The molecule has 94 valence electrons. The maximum atomic E-state index is 5.91. The van der Waals surface area contributed by atoms with Crippen LogP contribution >= 0.6 is 15.9 Å². The van der Waals surface area contributed by atoms with Gasteiger partial charge in [-0.2, -0.15) is 0 Å². The number of anilines is 3. The third kappa shape index (κ3) is 3.01. The summed E-state index contributed by atoms with van der Waals surface area (Å²) in [4.78, 5) is 4.26. The number of pyridine rings is 1. The Bertz CT molecular complexity index is 552. The minimum Gasteiger partial charge on any atom is -0.396 e. The second kappa shape index (κ2) is 5.40. The highest BCUT2D eigenvalue weighted by Crippen LogP contribution is 2.25. The SMILES string of the molecule is CC(C)c1cccc(Nc2ncc(Br)cc2N)c1. The number of nitrogens with zero attached hydrogens (tertiary/aromatic N) is 1.